The summed E-state index contributed by atoms with van der Waals surface area (Å²) in [5.74, 6) is 1.19. The van der Waals surface area contributed by atoms with Gasteiger partial charge in [0.05, 0.1) is 21.9 Å². The SMILES string of the molecule is C#C/C(C)=N/C(=O)c1cccc(C(F)(F)F)c1Cl. The summed E-state index contributed by atoms with van der Waals surface area (Å²) in [6.07, 6.45) is 0.363. The third kappa shape index (κ3) is 3.11. The molecule has 94 valence electrons. The van der Waals surface area contributed by atoms with Crippen molar-refractivity contribution in [1.82, 2.24) is 0 Å². The van der Waals surface area contributed by atoms with Gasteiger partial charge in [-0.2, -0.15) is 13.2 Å². The van der Waals surface area contributed by atoms with Crippen molar-refractivity contribution in [3.05, 3.63) is 34.3 Å². The molecular formula is C12H7ClF3NO. The number of hydrogen-bond acceptors (Lipinski definition) is 1. The van der Waals surface area contributed by atoms with Gasteiger partial charge in [-0.3, -0.25) is 4.79 Å². The average Bonchev–Trinajstić information content (AvgIpc) is 2.27. The molecule has 6 heteroatoms. The Labute approximate surface area is 106 Å². The molecule has 0 aliphatic rings. The first-order valence-electron chi connectivity index (χ1n) is 4.69. The number of nitrogens with zero attached hydrogens (tertiary/aromatic N) is 1. The number of aliphatic imine (C=N–C) groups is 1. The number of hydrogen-bond donors (Lipinski definition) is 0. The van der Waals surface area contributed by atoms with Crippen molar-refractivity contribution in [2.75, 3.05) is 0 Å². The molecular weight excluding hydrogens is 267 g/mol. The molecule has 1 rings (SSSR count). The van der Waals surface area contributed by atoms with Gasteiger partial charge in [-0.25, -0.2) is 4.99 Å². The van der Waals surface area contributed by atoms with E-state index in [-0.39, 0.29) is 11.3 Å². The minimum absolute atomic E-state index is 0.0634. The Balaban J connectivity index is 3.30. The minimum atomic E-state index is -4.63. The van der Waals surface area contributed by atoms with E-state index in [4.69, 9.17) is 18.0 Å². The van der Waals surface area contributed by atoms with Crippen LogP contribution in [0.1, 0.15) is 22.8 Å². The maximum Gasteiger partial charge on any atom is 0.417 e. The summed E-state index contributed by atoms with van der Waals surface area (Å²) in [5.41, 5.74) is -1.35. The zero-order chi connectivity index (χ0) is 13.9. The fourth-order valence-electron chi connectivity index (χ4n) is 1.16. The number of carbonyl (C=O) groups excluding carboxylic acids is 1. The Kier molecular flexibility index (Phi) is 4.15. The molecule has 1 aromatic carbocycles. The second-order valence-corrected chi connectivity index (χ2v) is 3.69. The van der Waals surface area contributed by atoms with Crippen LogP contribution in [0, 0.1) is 12.3 Å². The highest BCUT2D eigenvalue weighted by Gasteiger charge is 2.34. The normalized spacial score (nSPS) is 12.1. The number of halogens is 4. The minimum Gasteiger partial charge on any atom is -0.267 e. The fourth-order valence-corrected chi connectivity index (χ4v) is 1.47. The molecule has 0 saturated heterocycles. The molecule has 18 heavy (non-hydrogen) atoms. The van der Waals surface area contributed by atoms with Gasteiger partial charge in [0.15, 0.2) is 0 Å². The monoisotopic (exact) mass is 273 g/mol. The predicted molar refractivity (Wildman–Crippen MR) is 62.7 cm³/mol. The highest BCUT2D eigenvalue weighted by Crippen LogP contribution is 2.36. The van der Waals surface area contributed by atoms with Gasteiger partial charge in [0.1, 0.15) is 0 Å². The molecule has 0 spiro atoms. The van der Waals surface area contributed by atoms with Gasteiger partial charge in [0.2, 0.25) is 0 Å². The van der Waals surface area contributed by atoms with Crippen LogP contribution in [-0.4, -0.2) is 11.6 Å². The maximum atomic E-state index is 12.6. The first-order chi connectivity index (χ1) is 8.27. The van der Waals surface area contributed by atoms with Gasteiger partial charge in [-0.1, -0.05) is 23.6 Å². The number of benzene rings is 1. The zero-order valence-corrected chi connectivity index (χ0v) is 9.93. The highest BCUT2D eigenvalue weighted by atomic mass is 35.5. The van der Waals surface area contributed by atoms with E-state index < -0.39 is 22.7 Å². The van der Waals surface area contributed by atoms with Crippen LogP contribution in [0.3, 0.4) is 0 Å². The van der Waals surface area contributed by atoms with Gasteiger partial charge in [0.25, 0.3) is 5.91 Å². The topological polar surface area (TPSA) is 29.4 Å². The smallest absolute Gasteiger partial charge is 0.267 e. The second-order valence-electron chi connectivity index (χ2n) is 3.31. The van der Waals surface area contributed by atoms with Gasteiger partial charge in [0, 0.05) is 0 Å². The van der Waals surface area contributed by atoms with Crippen molar-refractivity contribution in [3.8, 4) is 12.3 Å². The van der Waals surface area contributed by atoms with Crippen molar-refractivity contribution in [2.24, 2.45) is 4.99 Å². The van der Waals surface area contributed by atoms with Crippen LogP contribution in [0.25, 0.3) is 0 Å². The predicted octanol–water partition coefficient (Wildman–Crippen LogP) is 3.59. The summed E-state index contributed by atoms with van der Waals surface area (Å²) in [6.45, 7) is 1.39. The number of terminal acetylenes is 1. The van der Waals surface area contributed by atoms with E-state index in [0.29, 0.717) is 0 Å². The third-order valence-electron chi connectivity index (χ3n) is 2.01. The second kappa shape index (κ2) is 5.23. The molecule has 0 atom stereocenters. The maximum absolute atomic E-state index is 12.6. The number of rotatable bonds is 1. The van der Waals surface area contributed by atoms with Crippen molar-refractivity contribution in [2.45, 2.75) is 13.1 Å². The highest BCUT2D eigenvalue weighted by molar-refractivity contribution is 6.35. The standard InChI is InChI=1S/C12H7ClF3NO/c1-3-7(2)17-11(18)8-5-4-6-9(10(8)13)12(14,15)16/h1,4-6H,2H3/b17-7+. The van der Waals surface area contributed by atoms with E-state index in [1.165, 1.54) is 6.92 Å². The largest absolute Gasteiger partial charge is 0.417 e. The fraction of sp³-hybridized carbons (Fsp3) is 0.167. The van der Waals surface area contributed by atoms with Crippen LogP contribution >= 0.6 is 11.6 Å². The Morgan fingerprint density at radius 3 is 2.56 bits per heavy atom. The molecule has 0 fully saturated rings. The lowest BCUT2D eigenvalue weighted by Crippen LogP contribution is -2.09. The average molecular weight is 274 g/mol. The van der Waals surface area contributed by atoms with Crippen molar-refractivity contribution < 1.29 is 18.0 Å². The van der Waals surface area contributed by atoms with E-state index in [1.807, 2.05) is 0 Å². The van der Waals surface area contributed by atoms with Crippen molar-refractivity contribution in [1.29, 1.82) is 0 Å². The van der Waals surface area contributed by atoms with Crippen molar-refractivity contribution in [3.63, 3.8) is 0 Å². The molecule has 0 saturated carbocycles. The molecule has 0 heterocycles. The Morgan fingerprint density at radius 2 is 2.06 bits per heavy atom. The summed E-state index contributed by atoms with van der Waals surface area (Å²) >= 11 is 5.55. The first-order valence-corrected chi connectivity index (χ1v) is 5.07. The summed E-state index contributed by atoms with van der Waals surface area (Å²) in [4.78, 5) is 15.0. The van der Waals surface area contributed by atoms with Crippen LogP contribution in [0.2, 0.25) is 5.02 Å². The van der Waals surface area contributed by atoms with E-state index in [0.717, 1.165) is 18.2 Å². The molecule has 0 aromatic heterocycles. The van der Waals surface area contributed by atoms with Crippen LogP contribution in [0.4, 0.5) is 13.2 Å². The van der Waals surface area contributed by atoms with E-state index in [2.05, 4.69) is 10.9 Å². The van der Waals surface area contributed by atoms with E-state index in [1.54, 1.807) is 0 Å². The molecule has 0 aliphatic carbocycles. The molecule has 0 radical (unpaired) electrons. The van der Waals surface area contributed by atoms with Crippen molar-refractivity contribution >= 4 is 23.2 Å². The number of alkyl halides is 3. The quantitative estimate of drug-likeness (QED) is 0.568. The summed E-state index contributed by atoms with van der Waals surface area (Å²) < 4.78 is 37.7. The van der Waals surface area contributed by atoms with Gasteiger partial charge in [-0.05, 0) is 19.1 Å². The summed E-state index contributed by atoms with van der Waals surface area (Å²) in [5, 5.41) is -0.677. The number of amides is 1. The molecule has 0 N–H and O–H groups in total. The Hall–Kier alpha value is -1.80. The first kappa shape index (κ1) is 14.3. The lowest BCUT2D eigenvalue weighted by atomic mass is 10.1. The molecule has 0 aliphatic heterocycles. The Morgan fingerprint density at radius 1 is 1.44 bits per heavy atom. The summed E-state index contributed by atoms with van der Waals surface area (Å²) in [7, 11) is 0. The number of carbonyl (C=O) groups is 1. The molecule has 0 unspecified atom stereocenters. The van der Waals surface area contributed by atoms with E-state index >= 15 is 0 Å². The van der Waals surface area contributed by atoms with Gasteiger partial charge >= 0.3 is 6.18 Å². The lowest BCUT2D eigenvalue weighted by molar-refractivity contribution is -0.137. The van der Waals surface area contributed by atoms with Gasteiger partial charge < -0.3 is 0 Å². The summed E-state index contributed by atoms with van der Waals surface area (Å²) in [6, 6.07) is 3.03. The molecule has 0 bridgehead atoms. The van der Waals surface area contributed by atoms with E-state index in [9.17, 15) is 18.0 Å². The third-order valence-corrected chi connectivity index (χ3v) is 2.42. The molecule has 1 amide bonds. The van der Waals surface area contributed by atoms with Crippen LogP contribution < -0.4 is 0 Å². The lowest BCUT2D eigenvalue weighted by Gasteiger charge is -2.10. The molecule has 1 aromatic rings. The van der Waals surface area contributed by atoms with Crippen LogP contribution in [0.15, 0.2) is 23.2 Å². The molecule has 2 nitrogen and oxygen atoms in total. The Bertz CT molecular complexity index is 555. The van der Waals surface area contributed by atoms with Gasteiger partial charge in [-0.15, -0.1) is 6.42 Å². The zero-order valence-electron chi connectivity index (χ0n) is 9.18. The van der Waals surface area contributed by atoms with Crippen LogP contribution in [-0.2, 0) is 6.18 Å². The van der Waals surface area contributed by atoms with Crippen LogP contribution in [0.5, 0.6) is 0 Å².